The quantitative estimate of drug-likeness (QED) is 0.302. The smallest absolute Gasteiger partial charge is 0.243 e. The number of rotatable bonds is 16. The number of Topliss-reactive ketones (excluding diaryl/α,β-unsaturated/α-hetero) is 1. The Morgan fingerprint density at radius 1 is 1.07 bits per heavy atom. The van der Waals surface area contributed by atoms with Crippen molar-refractivity contribution in [1.82, 2.24) is 15.5 Å². The summed E-state index contributed by atoms with van der Waals surface area (Å²) in [6, 6.07) is 8.28. The fourth-order valence-electron chi connectivity index (χ4n) is 4.53. The molecule has 2 aromatic rings. The van der Waals surface area contributed by atoms with Crippen molar-refractivity contribution in [3.05, 3.63) is 65.2 Å². The fraction of sp³-hybridized carbons (Fsp3) is 0.516. The Hall–Kier alpha value is -3.33. The van der Waals surface area contributed by atoms with E-state index in [4.69, 9.17) is 4.74 Å². The van der Waals surface area contributed by atoms with Gasteiger partial charge in [-0.05, 0) is 81.2 Å². The monoisotopic (exact) mass is 557 g/mol. The molecule has 3 rings (SSSR count). The molecule has 2 N–H and O–H groups in total. The van der Waals surface area contributed by atoms with Crippen LogP contribution in [-0.2, 0) is 27.2 Å². The number of amides is 2. The molecule has 3 atom stereocenters. The van der Waals surface area contributed by atoms with E-state index in [-0.39, 0.29) is 42.3 Å². The lowest BCUT2D eigenvalue weighted by atomic mass is 10.0. The number of nitrogens with zero attached hydrogens (tertiary/aromatic N) is 1. The Balaban J connectivity index is 1.54. The molecule has 40 heavy (non-hydrogen) atoms. The van der Waals surface area contributed by atoms with Crippen molar-refractivity contribution in [3.63, 3.8) is 0 Å². The summed E-state index contributed by atoms with van der Waals surface area (Å²) in [4.78, 5) is 40.0. The number of ether oxygens (including phenoxy) is 1. The first-order chi connectivity index (χ1) is 19.1. The van der Waals surface area contributed by atoms with Gasteiger partial charge >= 0.3 is 0 Å². The van der Waals surface area contributed by atoms with E-state index in [9.17, 15) is 23.2 Å². The zero-order valence-electron chi connectivity index (χ0n) is 23.8. The summed E-state index contributed by atoms with van der Waals surface area (Å²) in [5, 5.41) is 6.02. The van der Waals surface area contributed by atoms with Crippen molar-refractivity contribution in [2.24, 2.45) is 5.92 Å². The predicted octanol–water partition coefficient (Wildman–Crippen LogP) is 4.22. The number of hydrogen-bond donors (Lipinski definition) is 2. The van der Waals surface area contributed by atoms with Crippen molar-refractivity contribution in [2.45, 2.75) is 77.4 Å². The Labute approximate surface area is 235 Å². The molecule has 0 spiro atoms. The number of carbonyl (C=O) groups excluding carboxylic acids is 3. The van der Waals surface area contributed by atoms with Crippen molar-refractivity contribution >= 4 is 17.6 Å². The molecule has 0 saturated heterocycles. The first-order valence-corrected chi connectivity index (χ1v) is 14.1. The molecule has 0 radical (unpaired) electrons. The van der Waals surface area contributed by atoms with E-state index >= 15 is 0 Å². The van der Waals surface area contributed by atoms with Crippen molar-refractivity contribution < 1.29 is 27.9 Å². The van der Waals surface area contributed by atoms with Gasteiger partial charge in [-0.1, -0.05) is 31.5 Å². The number of ketones is 1. The molecule has 0 bridgehead atoms. The van der Waals surface area contributed by atoms with Crippen molar-refractivity contribution in [1.29, 1.82) is 0 Å². The van der Waals surface area contributed by atoms with Gasteiger partial charge in [-0.25, -0.2) is 8.78 Å². The summed E-state index contributed by atoms with van der Waals surface area (Å²) < 4.78 is 32.9. The third-order valence-corrected chi connectivity index (χ3v) is 7.38. The van der Waals surface area contributed by atoms with Gasteiger partial charge in [0, 0.05) is 19.7 Å². The van der Waals surface area contributed by atoms with Crippen LogP contribution in [0, 0.1) is 17.6 Å². The highest BCUT2D eigenvalue weighted by Gasteiger charge is 2.39. The van der Waals surface area contributed by atoms with Gasteiger partial charge in [0.2, 0.25) is 11.8 Å². The Kier molecular flexibility index (Phi) is 11.6. The summed E-state index contributed by atoms with van der Waals surface area (Å²) in [6.07, 6.45) is 4.86. The number of nitrogens with one attached hydrogen (secondary N) is 2. The number of likely N-dealkylation sites (N-methyl/N-ethyl adjacent to an activating group) is 1. The molecule has 9 heteroatoms. The van der Waals surface area contributed by atoms with Crippen LogP contribution >= 0.6 is 0 Å². The van der Waals surface area contributed by atoms with E-state index in [0.29, 0.717) is 12.3 Å². The second kappa shape index (κ2) is 14.9. The van der Waals surface area contributed by atoms with E-state index in [1.54, 1.807) is 32.2 Å². The minimum absolute atomic E-state index is 0.169. The highest BCUT2D eigenvalue weighted by atomic mass is 19.1. The minimum atomic E-state index is -0.810. The van der Waals surface area contributed by atoms with E-state index in [2.05, 4.69) is 17.6 Å². The fourth-order valence-corrected chi connectivity index (χ4v) is 4.53. The van der Waals surface area contributed by atoms with Crippen LogP contribution < -0.4 is 15.4 Å². The highest BCUT2D eigenvalue weighted by molar-refractivity contribution is 5.93. The van der Waals surface area contributed by atoms with E-state index in [1.807, 2.05) is 0 Å². The average Bonchev–Trinajstić information content (AvgIpc) is 3.77. The molecular formula is C31H41F2N3O4. The second-order valence-corrected chi connectivity index (χ2v) is 10.6. The number of hydrogen-bond acceptors (Lipinski definition) is 5. The SMILES string of the molecule is CCCCc1ccc(F)cc1OCCN[C@H](C(=O)N(C)[C@H](C)C(=O)N[C@H](Cc1ccc(F)cc1)C(C)=O)C1CC1. The lowest BCUT2D eigenvalue weighted by molar-refractivity contribution is -0.141. The molecule has 1 aliphatic carbocycles. The molecule has 0 aliphatic heterocycles. The van der Waals surface area contributed by atoms with E-state index in [0.717, 1.165) is 43.2 Å². The molecule has 0 heterocycles. The van der Waals surface area contributed by atoms with Gasteiger partial charge in [0.25, 0.3) is 0 Å². The molecule has 2 aromatic carbocycles. The first kappa shape index (κ1) is 31.2. The van der Waals surface area contributed by atoms with Gasteiger partial charge in [-0.15, -0.1) is 0 Å². The van der Waals surface area contributed by atoms with Gasteiger partial charge in [-0.3, -0.25) is 14.4 Å². The molecule has 1 saturated carbocycles. The Morgan fingerprint density at radius 2 is 1.75 bits per heavy atom. The maximum absolute atomic E-state index is 13.8. The number of carbonyl (C=O) groups is 3. The molecule has 7 nitrogen and oxygen atoms in total. The second-order valence-electron chi connectivity index (χ2n) is 10.6. The summed E-state index contributed by atoms with van der Waals surface area (Å²) >= 11 is 0. The standard InChI is InChI=1S/C31H41F2N3O4/c1-5-6-7-23-12-15-26(33)19-28(23)40-17-16-34-29(24-10-11-24)31(39)36(4)20(2)30(38)35-27(21(3)37)18-22-8-13-25(32)14-9-22/h8-9,12-15,19-20,24,27,29,34H,5-7,10-11,16-18H2,1-4H3,(H,35,38)/t20-,27-,29+/m1/s1. The maximum atomic E-state index is 13.8. The normalized spacial score (nSPS) is 15.2. The molecule has 218 valence electrons. The average molecular weight is 558 g/mol. The van der Waals surface area contributed by atoms with E-state index < -0.39 is 24.0 Å². The zero-order valence-corrected chi connectivity index (χ0v) is 23.8. The molecule has 0 aromatic heterocycles. The molecule has 0 unspecified atom stereocenters. The van der Waals surface area contributed by atoms with Gasteiger partial charge in [0.15, 0.2) is 5.78 Å². The van der Waals surface area contributed by atoms with Crippen LogP contribution in [0.4, 0.5) is 8.78 Å². The lowest BCUT2D eigenvalue weighted by Crippen LogP contribution is -2.55. The van der Waals surface area contributed by atoms with Crippen molar-refractivity contribution in [2.75, 3.05) is 20.2 Å². The molecular weight excluding hydrogens is 516 g/mol. The van der Waals surface area contributed by atoms with Gasteiger partial charge in [0.1, 0.15) is 30.0 Å². The van der Waals surface area contributed by atoms with Crippen LogP contribution in [0.2, 0.25) is 0 Å². The van der Waals surface area contributed by atoms with Gasteiger partial charge in [-0.2, -0.15) is 0 Å². The Morgan fingerprint density at radius 3 is 2.38 bits per heavy atom. The maximum Gasteiger partial charge on any atom is 0.243 e. The van der Waals surface area contributed by atoms with Crippen LogP contribution in [0.15, 0.2) is 42.5 Å². The Bertz CT molecular complexity index is 1150. The summed E-state index contributed by atoms with van der Waals surface area (Å²) in [5.41, 5.74) is 1.68. The molecule has 1 aliphatic rings. The van der Waals surface area contributed by atoms with Crippen molar-refractivity contribution in [3.8, 4) is 5.75 Å². The summed E-state index contributed by atoms with van der Waals surface area (Å²) in [5.74, 6) is -0.924. The van der Waals surface area contributed by atoms with Crippen LogP contribution in [0.5, 0.6) is 5.75 Å². The largest absolute Gasteiger partial charge is 0.492 e. The van der Waals surface area contributed by atoms with Gasteiger partial charge < -0.3 is 20.3 Å². The van der Waals surface area contributed by atoms with Crippen LogP contribution in [-0.4, -0.2) is 60.8 Å². The van der Waals surface area contributed by atoms with E-state index in [1.165, 1.54) is 36.1 Å². The third-order valence-electron chi connectivity index (χ3n) is 7.38. The van der Waals surface area contributed by atoms with Crippen LogP contribution in [0.3, 0.4) is 0 Å². The molecule has 1 fully saturated rings. The molecule has 2 amide bonds. The number of halogens is 2. The predicted molar refractivity (Wildman–Crippen MR) is 150 cm³/mol. The highest BCUT2D eigenvalue weighted by Crippen LogP contribution is 2.33. The first-order valence-electron chi connectivity index (χ1n) is 14.1. The topological polar surface area (TPSA) is 87.7 Å². The number of unbranched alkanes of at least 4 members (excludes halogenated alkanes) is 1. The van der Waals surface area contributed by atoms with Crippen LogP contribution in [0.25, 0.3) is 0 Å². The minimum Gasteiger partial charge on any atom is -0.492 e. The van der Waals surface area contributed by atoms with Gasteiger partial charge in [0.05, 0.1) is 12.1 Å². The zero-order chi connectivity index (χ0) is 29.2. The van der Waals surface area contributed by atoms with Crippen LogP contribution in [0.1, 0.15) is 57.6 Å². The number of aryl methyl sites for hydroxylation is 1. The summed E-state index contributed by atoms with van der Waals surface area (Å²) in [6.45, 7) is 5.76. The number of benzene rings is 2. The third kappa shape index (κ3) is 9.11. The lowest BCUT2D eigenvalue weighted by Gasteiger charge is -2.30. The summed E-state index contributed by atoms with van der Waals surface area (Å²) in [7, 11) is 1.58.